The second-order valence-electron chi connectivity index (χ2n) is 6.81. The lowest BCUT2D eigenvalue weighted by molar-refractivity contribution is 0.475. The number of hydrogen-bond donors (Lipinski definition) is 2. The molecule has 2 nitrogen and oxygen atoms in total. The zero-order chi connectivity index (χ0) is 22.9. The first-order chi connectivity index (χ1) is 15.1. The standard InChI is InChI=1S/C15H16.2C6H6O.C2H6/c1-12(2)13-8-10-15(11-9-13)14-6-4-3-5-7-14;2*7-6-4-2-1-3-5-6;1-2/h3-12H,1-2H3;2*1-5,7H;1-2H3. The van der Waals surface area contributed by atoms with E-state index in [1.165, 1.54) is 16.7 Å². The van der Waals surface area contributed by atoms with E-state index in [4.69, 9.17) is 10.2 Å². The Kier molecular flexibility index (Phi) is 12.6. The summed E-state index contributed by atoms with van der Waals surface area (Å²) in [5.74, 6) is 1.25. The number of phenols is 2. The van der Waals surface area contributed by atoms with Gasteiger partial charge in [-0.15, -0.1) is 0 Å². The predicted octanol–water partition coefficient (Wildman–Crippen LogP) is 8.29. The fourth-order valence-corrected chi connectivity index (χ4v) is 2.55. The zero-order valence-electron chi connectivity index (χ0n) is 18.9. The fourth-order valence-electron chi connectivity index (χ4n) is 2.55. The molecule has 0 spiro atoms. The largest absolute Gasteiger partial charge is 0.508 e. The lowest BCUT2D eigenvalue weighted by Crippen LogP contribution is -1.86. The molecule has 2 heteroatoms. The van der Waals surface area contributed by atoms with Crippen molar-refractivity contribution in [3.8, 4) is 22.6 Å². The monoisotopic (exact) mass is 414 g/mol. The second kappa shape index (κ2) is 15.3. The van der Waals surface area contributed by atoms with Crippen molar-refractivity contribution in [3.05, 3.63) is 121 Å². The molecule has 0 amide bonds. The highest BCUT2D eigenvalue weighted by atomic mass is 16.3. The molecule has 0 aliphatic heterocycles. The van der Waals surface area contributed by atoms with Crippen molar-refractivity contribution in [2.75, 3.05) is 0 Å². The maximum atomic E-state index is 8.63. The summed E-state index contributed by atoms with van der Waals surface area (Å²) in [6, 6.07) is 36.7. The Morgan fingerprint density at radius 2 is 0.774 bits per heavy atom. The number of hydrogen-bond acceptors (Lipinski definition) is 2. The van der Waals surface area contributed by atoms with Gasteiger partial charge in [0, 0.05) is 0 Å². The normalized spacial score (nSPS) is 9.19. The maximum absolute atomic E-state index is 8.63. The number of benzene rings is 4. The van der Waals surface area contributed by atoms with Crippen molar-refractivity contribution in [2.24, 2.45) is 0 Å². The molecule has 0 saturated carbocycles. The van der Waals surface area contributed by atoms with Crippen LogP contribution in [0.1, 0.15) is 39.2 Å². The van der Waals surface area contributed by atoms with Crippen LogP contribution >= 0.6 is 0 Å². The summed E-state index contributed by atoms with van der Waals surface area (Å²) in [6.07, 6.45) is 0. The van der Waals surface area contributed by atoms with Crippen LogP contribution in [-0.2, 0) is 0 Å². The van der Waals surface area contributed by atoms with E-state index in [0.717, 1.165) is 0 Å². The van der Waals surface area contributed by atoms with Gasteiger partial charge in [0.2, 0.25) is 0 Å². The Hall–Kier alpha value is -3.52. The van der Waals surface area contributed by atoms with Gasteiger partial charge in [0.05, 0.1) is 0 Å². The quantitative estimate of drug-likeness (QED) is 0.346. The highest BCUT2D eigenvalue weighted by Crippen LogP contribution is 2.22. The van der Waals surface area contributed by atoms with Crippen molar-refractivity contribution in [2.45, 2.75) is 33.6 Å². The van der Waals surface area contributed by atoms with Gasteiger partial charge in [-0.1, -0.05) is 119 Å². The van der Waals surface area contributed by atoms with Crippen molar-refractivity contribution < 1.29 is 10.2 Å². The number of para-hydroxylation sites is 2. The van der Waals surface area contributed by atoms with E-state index < -0.39 is 0 Å². The maximum Gasteiger partial charge on any atom is 0.115 e. The van der Waals surface area contributed by atoms with E-state index in [2.05, 4.69) is 62.4 Å². The third kappa shape index (κ3) is 10.7. The molecule has 0 unspecified atom stereocenters. The minimum Gasteiger partial charge on any atom is -0.508 e. The summed E-state index contributed by atoms with van der Waals surface area (Å²) in [6.45, 7) is 8.44. The third-order valence-corrected chi connectivity index (χ3v) is 4.20. The second-order valence-corrected chi connectivity index (χ2v) is 6.81. The van der Waals surface area contributed by atoms with Crippen molar-refractivity contribution >= 4 is 0 Å². The molecule has 162 valence electrons. The molecule has 0 saturated heterocycles. The molecule has 31 heavy (non-hydrogen) atoms. The van der Waals surface area contributed by atoms with Gasteiger partial charge in [-0.2, -0.15) is 0 Å². The smallest absolute Gasteiger partial charge is 0.115 e. The molecule has 0 radical (unpaired) electrons. The van der Waals surface area contributed by atoms with Crippen LogP contribution in [0.4, 0.5) is 0 Å². The third-order valence-electron chi connectivity index (χ3n) is 4.20. The highest BCUT2D eigenvalue weighted by Gasteiger charge is 1.99. The molecule has 4 aromatic carbocycles. The van der Waals surface area contributed by atoms with E-state index in [1.54, 1.807) is 48.5 Å². The molecular formula is C29H34O2. The number of rotatable bonds is 2. The van der Waals surface area contributed by atoms with Crippen LogP contribution in [0.2, 0.25) is 0 Å². The Morgan fingerprint density at radius 3 is 1.06 bits per heavy atom. The van der Waals surface area contributed by atoms with Gasteiger partial charge in [-0.3, -0.25) is 0 Å². The molecule has 0 aromatic heterocycles. The van der Waals surface area contributed by atoms with Gasteiger partial charge in [0.1, 0.15) is 11.5 Å². The highest BCUT2D eigenvalue weighted by molar-refractivity contribution is 5.63. The Labute approximate surface area is 187 Å². The van der Waals surface area contributed by atoms with Gasteiger partial charge >= 0.3 is 0 Å². The Morgan fingerprint density at radius 1 is 0.452 bits per heavy atom. The summed E-state index contributed by atoms with van der Waals surface area (Å²) in [7, 11) is 0. The summed E-state index contributed by atoms with van der Waals surface area (Å²) < 4.78 is 0. The first-order valence-corrected chi connectivity index (χ1v) is 10.7. The summed E-state index contributed by atoms with van der Waals surface area (Å²) >= 11 is 0. The van der Waals surface area contributed by atoms with Crippen LogP contribution in [-0.4, -0.2) is 10.2 Å². The summed E-state index contributed by atoms with van der Waals surface area (Å²) in [4.78, 5) is 0. The predicted molar refractivity (Wildman–Crippen MR) is 134 cm³/mol. The topological polar surface area (TPSA) is 40.5 Å². The van der Waals surface area contributed by atoms with Gasteiger partial charge < -0.3 is 10.2 Å². The van der Waals surface area contributed by atoms with Crippen LogP contribution < -0.4 is 0 Å². The molecule has 4 aromatic rings. The zero-order valence-corrected chi connectivity index (χ0v) is 18.9. The van der Waals surface area contributed by atoms with Gasteiger partial charge in [0.15, 0.2) is 0 Å². The fraction of sp³-hybridized carbons (Fsp3) is 0.172. The van der Waals surface area contributed by atoms with E-state index >= 15 is 0 Å². The molecule has 0 heterocycles. The molecule has 2 N–H and O–H groups in total. The van der Waals surface area contributed by atoms with E-state index in [1.807, 2.05) is 32.0 Å². The molecule has 0 bridgehead atoms. The lowest BCUT2D eigenvalue weighted by atomic mass is 9.99. The van der Waals surface area contributed by atoms with Crippen LogP contribution in [0.3, 0.4) is 0 Å². The van der Waals surface area contributed by atoms with E-state index in [9.17, 15) is 0 Å². The number of phenolic OH excluding ortho intramolecular Hbond substituents is 2. The van der Waals surface area contributed by atoms with Crippen LogP contribution in [0.25, 0.3) is 11.1 Å². The molecule has 0 aliphatic carbocycles. The van der Waals surface area contributed by atoms with Gasteiger partial charge in [-0.25, -0.2) is 0 Å². The lowest BCUT2D eigenvalue weighted by Gasteiger charge is -2.06. The first kappa shape index (κ1) is 25.5. The van der Waals surface area contributed by atoms with Crippen molar-refractivity contribution in [1.29, 1.82) is 0 Å². The van der Waals surface area contributed by atoms with Crippen LogP contribution in [0.5, 0.6) is 11.5 Å². The minimum atomic E-state index is 0.322. The van der Waals surface area contributed by atoms with Gasteiger partial charge in [0.25, 0.3) is 0 Å². The average molecular weight is 415 g/mol. The number of aromatic hydroxyl groups is 2. The van der Waals surface area contributed by atoms with Gasteiger partial charge in [-0.05, 0) is 46.9 Å². The Balaban J connectivity index is 0.000000251. The van der Waals surface area contributed by atoms with E-state index in [0.29, 0.717) is 17.4 Å². The van der Waals surface area contributed by atoms with Crippen molar-refractivity contribution in [1.82, 2.24) is 0 Å². The summed E-state index contributed by atoms with van der Waals surface area (Å²) in [5, 5.41) is 17.3. The van der Waals surface area contributed by atoms with Crippen LogP contribution in [0, 0.1) is 0 Å². The van der Waals surface area contributed by atoms with Crippen molar-refractivity contribution in [3.63, 3.8) is 0 Å². The molecule has 0 fully saturated rings. The first-order valence-electron chi connectivity index (χ1n) is 10.7. The van der Waals surface area contributed by atoms with Crippen LogP contribution in [0.15, 0.2) is 115 Å². The molecule has 0 atom stereocenters. The van der Waals surface area contributed by atoms with E-state index in [-0.39, 0.29) is 0 Å². The molecule has 0 aliphatic rings. The minimum absolute atomic E-state index is 0.322. The average Bonchev–Trinajstić information content (AvgIpc) is 2.83. The summed E-state index contributed by atoms with van der Waals surface area (Å²) in [5.41, 5.74) is 3.97. The molecule has 4 rings (SSSR count). The molecular weight excluding hydrogens is 380 g/mol. The Bertz CT molecular complexity index is 879. The SMILES string of the molecule is CC.CC(C)c1ccc(-c2ccccc2)cc1.Oc1ccccc1.Oc1ccccc1.